The van der Waals surface area contributed by atoms with Crippen LogP contribution in [-0.4, -0.2) is 20.3 Å². The van der Waals surface area contributed by atoms with Crippen molar-refractivity contribution in [2.24, 2.45) is 5.73 Å². The summed E-state index contributed by atoms with van der Waals surface area (Å²) in [6.45, 7) is 3.80. The summed E-state index contributed by atoms with van der Waals surface area (Å²) < 4.78 is 26.6. The molecule has 0 bridgehead atoms. The Kier molecular flexibility index (Phi) is 4.86. The Bertz CT molecular complexity index is 509. The van der Waals surface area contributed by atoms with Crippen LogP contribution in [0, 0.1) is 12.3 Å². The van der Waals surface area contributed by atoms with Gasteiger partial charge in [-0.15, -0.1) is 0 Å². The summed E-state index contributed by atoms with van der Waals surface area (Å²) >= 11 is 0. The average molecular weight is 269 g/mol. The van der Waals surface area contributed by atoms with Gasteiger partial charge in [-0.1, -0.05) is 31.0 Å². The third-order valence-electron chi connectivity index (χ3n) is 2.58. The van der Waals surface area contributed by atoms with Gasteiger partial charge in [0, 0.05) is 0 Å². The van der Waals surface area contributed by atoms with Gasteiger partial charge in [-0.2, -0.15) is 0 Å². The predicted molar refractivity (Wildman–Crippen MR) is 72.1 cm³/mol. The van der Waals surface area contributed by atoms with Crippen LogP contribution in [-0.2, 0) is 10.0 Å². The normalized spacial score (nSPS) is 13.2. The standard InChI is InChI=1S/C12H19N3O2S/c1-3-4-11(12(13)14)15-18(16,17)10-7-5-9(2)6-8-10/h5-8,11,15H,3-4H2,1-2H3,(H3,13,14). The maximum Gasteiger partial charge on any atom is 0.241 e. The smallest absolute Gasteiger partial charge is 0.241 e. The van der Waals surface area contributed by atoms with E-state index in [1.165, 1.54) is 0 Å². The van der Waals surface area contributed by atoms with Gasteiger partial charge in [-0.25, -0.2) is 13.1 Å². The molecule has 0 radical (unpaired) electrons. The Balaban J connectivity index is 2.93. The van der Waals surface area contributed by atoms with E-state index in [9.17, 15) is 8.42 Å². The lowest BCUT2D eigenvalue weighted by Gasteiger charge is -2.16. The van der Waals surface area contributed by atoms with Crippen molar-refractivity contribution in [2.75, 3.05) is 0 Å². The van der Waals surface area contributed by atoms with Crippen LogP contribution < -0.4 is 10.5 Å². The molecule has 18 heavy (non-hydrogen) atoms. The van der Waals surface area contributed by atoms with E-state index in [0.717, 1.165) is 12.0 Å². The lowest BCUT2D eigenvalue weighted by Crippen LogP contribution is -2.43. The largest absolute Gasteiger partial charge is 0.386 e. The van der Waals surface area contributed by atoms with Crippen LogP contribution in [0.3, 0.4) is 0 Å². The fourth-order valence-electron chi connectivity index (χ4n) is 1.54. The third-order valence-corrected chi connectivity index (χ3v) is 4.07. The molecule has 1 aromatic rings. The number of aryl methyl sites for hydroxylation is 1. The molecule has 1 atom stereocenters. The molecule has 0 fully saturated rings. The lowest BCUT2D eigenvalue weighted by atomic mass is 10.2. The van der Waals surface area contributed by atoms with Gasteiger partial charge in [0.2, 0.25) is 10.0 Å². The summed E-state index contributed by atoms with van der Waals surface area (Å²) in [5.74, 6) is -0.160. The second kappa shape index (κ2) is 5.97. The zero-order valence-corrected chi connectivity index (χ0v) is 11.4. The molecule has 0 aliphatic carbocycles. The highest BCUT2D eigenvalue weighted by atomic mass is 32.2. The van der Waals surface area contributed by atoms with Crippen LogP contribution in [0.25, 0.3) is 0 Å². The second-order valence-electron chi connectivity index (χ2n) is 4.23. The molecule has 1 unspecified atom stereocenters. The summed E-state index contributed by atoms with van der Waals surface area (Å²) in [5.41, 5.74) is 6.38. The molecule has 100 valence electrons. The van der Waals surface area contributed by atoms with Gasteiger partial charge < -0.3 is 5.73 Å². The summed E-state index contributed by atoms with van der Waals surface area (Å²) in [6, 6.07) is 5.91. The number of sulfonamides is 1. The topological polar surface area (TPSA) is 96.0 Å². The van der Waals surface area contributed by atoms with Gasteiger partial charge in [0.25, 0.3) is 0 Å². The van der Waals surface area contributed by atoms with Crippen molar-refractivity contribution in [1.29, 1.82) is 5.41 Å². The van der Waals surface area contributed by atoms with Crippen LogP contribution >= 0.6 is 0 Å². The van der Waals surface area contributed by atoms with Gasteiger partial charge in [0.1, 0.15) is 5.84 Å². The molecule has 0 amide bonds. The van der Waals surface area contributed by atoms with Crippen LogP contribution in [0.15, 0.2) is 29.2 Å². The third kappa shape index (κ3) is 3.82. The Morgan fingerprint density at radius 2 is 1.94 bits per heavy atom. The molecular weight excluding hydrogens is 250 g/mol. The zero-order valence-electron chi connectivity index (χ0n) is 10.6. The van der Waals surface area contributed by atoms with E-state index in [4.69, 9.17) is 11.1 Å². The van der Waals surface area contributed by atoms with Crippen molar-refractivity contribution >= 4 is 15.9 Å². The first kappa shape index (κ1) is 14.7. The second-order valence-corrected chi connectivity index (χ2v) is 5.94. The Labute approximate surface area is 108 Å². The van der Waals surface area contributed by atoms with Crippen molar-refractivity contribution < 1.29 is 8.42 Å². The molecule has 4 N–H and O–H groups in total. The number of hydrogen-bond donors (Lipinski definition) is 3. The molecule has 0 aliphatic heterocycles. The molecule has 1 rings (SSSR count). The van der Waals surface area contributed by atoms with E-state index in [2.05, 4.69) is 4.72 Å². The minimum atomic E-state index is -3.61. The minimum Gasteiger partial charge on any atom is -0.386 e. The van der Waals surface area contributed by atoms with Crippen LogP contribution in [0.4, 0.5) is 0 Å². The predicted octanol–water partition coefficient (Wildman–Crippen LogP) is 1.38. The molecule has 0 saturated heterocycles. The highest BCUT2D eigenvalue weighted by molar-refractivity contribution is 7.89. The Morgan fingerprint density at radius 1 is 1.39 bits per heavy atom. The number of rotatable bonds is 6. The monoisotopic (exact) mass is 269 g/mol. The van der Waals surface area contributed by atoms with Gasteiger partial charge in [-0.05, 0) is 25.5 Å². The summed E-state index contributed by atoms with van der Waals surface area (Å²) in [5, 5.41) is 7.38. The van der Waals surface area contributed by atoms with E-state index >= 15 is 0 Å². The first-order valence-electron chi connectivity index (χ1n) is 5.79. The van der Waals surface area contributed by atoms with Crippen LogP contribution in [0.5, 0.6) is 0 Å². The molecule has 5 nitrogen and oxygen atoms in total. The van der Waals surface area contributed by atoms with Gasteiger partial charge in [0.15, 0.2) is 0 Å². The maximum absolute atomic E-state index is 12.1. The van der Waals surface area contributed by atoms with Crippen molar-refractivity contribution in [3.63, 3.8) is 0 Å². The highest BCUT2D eigenvalue weighted by Gasteiger charge is 2.21. The SMILES string of the molecule is CCCC(NS(=O)(=O)c1ccc(C)cc1)C(=N)N. The van der Waals surface area contributed by atoms with E-state index in [-0.39, 0.29) is 10.7 Å². The van der Waals surface area contributed by atoms with Gasteiger partial charge >= 0.3 is 0 Å². The van der Waals surface area contributed by atoms with Gasteiger partial charge in [0.05, 0.1) is 10.9 Å². The molecule has 0 aliphatic rings. The fourth-order valence-corrected chi connectivity index (χ4v) is 2.79. The van der Waals surface area contributed by atoms with Crippen molar-refractivity contribution in [3.05, 3.63) is 29.8 Å². The molecule has 6 heteroatoms. The minimum absolute atomic E-state index is 0.160. The number of benzene rings is 1. The van der Waals surface area contributed by atoms with Gasteiger partial charge in [-0.3, -0.25) is 5.41 Å². The highest BCUT2D eigenvalue weighted by Crippen LogP contribution is 2.11. The summed E-state index contributed by atoms with van der Waals surface area (Å²) in [7, 11) is -3.61. The van der Waals surface area contributed by atoms with Crippen LogP contribution in [0.1, 0.15) is 25.3 Å². The number of nitrogens with two attached hydrogens (primary N) is 1. The summed E-state index contributed by atoms with van der Waals surface area (Å²) in [4.78, 5) is 0.190. The number of hydrogen-bond acceptors (Lipinski definition) is 3. The maximum atomic E-state index is 12.1. The molecule has 1 aromatic carbocycles. The quantitative estimate of drug-likeness (QED) is 0.537. The summed E-state index contributed by atoms with van der Waals surface area (Å²) in [6.07, 6.45) is 1.26. The van der Waals surface area contributed by atoms with Crippen molar-refractivity contribution in [3.8, 4) is 0 Å². The first-order valence-corrected chi connectivity index (χ1v) is 7.28. The fraction of sp³-hybridized carbons (Fsp3) is 0.417. The Hall–Kier alpha value is -1.40. The van der Waals surface area contributed by atoms with Crippen LogP contribution in [0.2, 0.25) is 0 Å². The van der Waals surface area contributed by atoms with E-state index in [0.29, 0.717) is 6.42 Å². The van der Waals surface area contributed by atoms with Crippen molar-refractivity contribution in [2.45, 2.75) is 37.6 Å². The molecule has 0 saturated carbocycles. The molecular formula is C12H19N3O2S. The average Bonchev–Trinajstić information content (AvgIpc) is 2.28. The Morgan fingerprint density at radius 3 is 2.39 bits per heavy atom. The first-order chi connectivity index (χ1) is 8.36. The van der Waals surface area contributed by atoms with E-state index in [1.54, 1.807) is 24.3 Å². The number of nitrogens with one attached hydrogen (secondary N) is 2. The van der Waals surface area contributed by atoms with E-state index in [1.807, 2.05) is 13.8 Å². The molecule has 0 spiro atoms. The molecule has 0 aromatic heterocycles. The van der Waals surface area contributed by atoms with Crippen molar-refractivity contribution in [1.82, 2.24) is 4.72 Å². The zero-order chi connectivity index (χ0) is 13.8. The molecule has 0 heterocycles. The number of amidine groups is 1. The van der Waals surface area contributed by atoms with E-state index < -0.39 is 16.1 Å². The lowest BCUT2D eigenvalue weighted by molar-refractivity contribution is 0.565.